The van der Waals surface area contributed by atoms with Crippen LogP contribution in [0, 0.1) is 16.1 Å². The summed E-state index contributed by atoms with van der Waals surface area (Å²) in [5.74, 6) is 3.34. The van der Waals surface area contributed by atoms with Gasteiger partial charge in [0.2, 0.25) is 0 Å². The highest BCUT2D eigenvalue weighted by Crippen LogP contribution is 2.10. The Hall–Kier alpha value is 0.0925. The van der Waals surface area contributed by atoms with Gasteiger partial charge in [-0.3, -0.25) is 0 Å². The molecule has 0 N–H and O–H groups in total. The van der Waals surface area contributed by atoms with E-state index >= 15 is 0 Å². The van der Waals surface area contributed by atoms with Gasteiger partial charge in [-0.15, -0.1) is 5.92 Å². The zero-order valence-electron chi connectivity index (χ0n) is 8.49. The maximum Gasteiger partial charge on any atom is 0.375 e. The van der Waals surface area contributed by atoms with Crippen LogP contribution in [0.3, 0.4) is 0 Å². The summed E-state index contributed by atoms with van der Waals surface area (Å²) in [6.45, 7) is 11.1. The van der Waals surface area contributed by atoms with E-state index in [2.05, 4.69) is 45.3 Å². The Morgan fingerprint density at radius 2 is 1.55 bits per heavy atom. The van der Waals surface area contributed by atoms with E-state index in [1.165, 1.54) is 10.6 Å². The average molecular weight is 166 g/mol. The third-order valence-electron chi connectivity index (χ3n) is 1.64. The predicted octanol–water partition coefficient (Wildman–Crippen LogP) is 3.11. The lowest BCUT2D eigenvalue weighted by Gasteiger charge is -2.08. The van der Waals surface area contributed by atoms with Crippen molar-refractivity contribution in [3.63, 3.8) is 0 Å². The second kappa shape index (κ2) is 4.87. The molecule has 0 aromatic carbocycles. The quantitative estimate of drug-likeness (QED) is 0.437. The summed E-state index contributed by atoms with van der Waals surface area (Å²) in [5, 5.41) is 2.64. The highest BCUT2D eigenvalue weighted by Gasteiger charge is 2.10. The number of rotatable bonds is 2. The molecule has 1 heteroatoms. The van der Waals surface area contributed by atoms with E-state index in [1.807, 2.05) is 0 Å². The van der Waals surface area contributed by atoms with Crippen molar-refractivity contribution < 1.29 is 0 Å². The molecule has 0 aliphatic heterocycles. The van der Waals surface area contributed by atoms with Crippen molar-refractivity contribution in [2.45, 2.75) is 45.2 Å². The smallest absolute Gasteiger partial charge is 0.204 e. The lowest BCUT2D eigenvalue weighted by atomic mass is 9.99. The molecule has 0 saturated heterocycles. The van der Waals surface area contributed by atoms with Crippen LogP contribution in [0.2, 0.25) is 10.6 Å². The molecule has 62 valence electrons. The molecule has 0 unspecified atom stereocenters. The van der Waals surface area contributed by atoms with E-state index < -0.39 is 14.1 Å². The maximum atomic E-state index is 3.45. The van der Waals surface area contributed by atoms with Crippen LogP contribution in [0.1, 0.15) is 34.6 Å². The summed E-state index contributed by atoms with van der Waals surface area (Å²) in [4.78, 5) is 3.45. The van der Waals surface area contributed by atoms with E-state index in [4.69, 9.17) is 0 Å². The molecule has 0 rings (SSSR count). The maximum absolute atomic E-state index is 3.45. The largest absolute Gasteiger partial charge is 0.375 e. The summed E-state index contributed by atoms with van der Waals surface area (Å²) in [5.41, 5.74) is 0.204. The lowest BCUT2D eigenvalue weighted by Crippen LogP contribution is -2.08. The van der Waals surface area contributed by atoms with Crippen LogP contribution in [0.15, 0.2) is 0 Å². The van der Waals surface area contributed by atoms with Gasteiger partial charge in [-0.1, -0.05) is 24.4 Å². The lowest BCUT2D eigenvalue weighted by molar-refractivity contribution is 0.571. The van der Waals surface area contributed by atoms with Crippen LogP contribution in [0.25, 0.3) is 0 Å². The van der Waals surface area contributed by atoms with Gasteiger partial charge in [-0.05, 0) is 20.8 Å². The number of hydrogen-bond donors (Lipinski definition) is 0. The van der Waals surface area contributed by atoms with Gasteiger partial charge in [0.15, 0.2) is 0 Å². The van der Waals surface area contributed by atoms with Crippen LogP contribution in [0.5, 0.6) is 0 Å². The van der Waals surface area contributed by atoms with Crippen molar-refractivity contribution >= 4 is 14.1 Å². The van der Waals surface area contributed by atoms with Crippen LogP contribution in [-0.4, -0.2) is 14.1 Å². The van der Waals surface area contributed by atoms with Gasteiger partial charge >= 0.3 is 14.1 Å². The van der Waals surface area contributed by atoms with Crippen molar-refractivity contribution in [2.75, 3.05) is 0 Å². The van der Waals surface area contributed by atoms with E-state index in [-0.39, 0.29) is 5.41 Å². The minimum absolute atomic E-state index is 0.204. The molecule has 0 spiro atoms. The Labute approximate surface area is 75.8 Å². The molecule has 0 atom stereocenters. The van der Waals surface area contributed by atoms with Gasteiger partial charge < -0.3 is 0 Å². The molecule has 0 fully saturated rings. The topological polar surface area (TPSA) is 0 Å². The van der Waals surface area contributed by atoms with Gasteiger partial charge in [0.25, 0.3) is 0 Å². The monoisotopic (exact) mass is 166 g/mol. The molecule has 0 aliphatic rings. The highest BCUT2D eigenvalue weighted by atomic mass is 27.2. The second-order valence-electron chi connectivity index (χ2n) is 4.03. The zero-order chi connectivity index (χ0) is 8.91. The molecular formula is C10H19Al. The first-order valence-corrected chi connectivity index (χ1v) is 6.73. The minimum Gasteiger partial charge on any atom is -0.204 e. The molecule has 0 nitrogen and oxygen atoms in total. The van der Waals surface area contributed by atoms with E-state index in [0.717, 1.165) is 0 Å². The SMILES string of the molecule is C[CH2][Al]([C]#CC(C)(C)C)[CH2]C. The predicted molar refractivity (Wildman–Crippen MR) is 53.9 cm³/mol. The first kappa shape index (κ1) is 11.1. The molecule has 0 radical (unpaired) electrons. The van der Waals surface area contributed by atoms with Crippen molar-refractivity contribution in [2.24, 2.45) is 5.41 Å². The summed E-state index contributed by atoms with van der Waals surface area (Å²) >= 11 is -0.653. The standard InChI is InChI=1S/C6H9.2C2H5.Al/c1-5-6(2,3)4;2*1-2;/h2-4H3;2*1H2,2H3;. The van der Waals surface area contributed by atoms with E-state index in [0.29, 0.717) is 0 Å². The zero-order valence-corrected chi connectivity index (χ0v) is 9.65. The summed E-state index contributed by atoms with van der Waals surface area (Å²) in [6, 6.07) is 0. The van der Waals surface area contributed by atoms with Gasteiger partial charge in [0.05, 0.1) is 0 Å². The van der Waals surface area contributed by atoms with E-state index in [1.54, 1.807) is 0 Å². The highest BCUT2D eigenvalue weighted by molar-refractivity contribution is 6.67. The van der Waals surface area contributed by atoms with E-state index in [9.17, 15) is 0 Å². The summed E-state index contributed by atoms with van der Waals surface area (Å²) in [7, 11) is 0. The average Bonchev–Trinajstić information content (AvgIpc) is 1.88. The van der Waals surface area contributed by atoms with Crippen LogP contribution in [0.4, 0.5) is 0 Å². The fourth-order valence-electron chi connectivity index (χ4n) is 0.811. The first-order chi connectivity index (χ1) is 4.99. The molecular weight excluding hydrogens is 147 g/mol. The van der Waals surface area contributed by atoms with Crippen molar-refractivity contribution in [3.05, 3.63) is 0 Å². The molecule has 0 saturated carbocycles. The van der Waals surface area contributed by atoms with Gasteiger partial charge in [-0.25, -0.2) is 4.78 Å². The normalized spacial score (nSPS) is 10.3. The van der Waals surface area contributed by atoms with Gasteiger partial charge in [0, 0.05) is 5.41 Å². The molecule has 0 heterocycles. The Morgan fingerprint density at radius 3 is 1.82 bits per heavy atom. The van der Waals surface area contributed by atoms with Gasteiger partial charge in [-0.2, -0.15) is 0 Å². The molecule has 0 aliphatic carbocycles. The Morgan fingerprint density at radius 1 is 1.09 bits per heavy atom. The van der Waals surface area contributed by atoms with Crippen molar-refractivity contribution in [3.8, 4) is 10.7 Å². The molecule has 0 aromatic rings. The molecule has 0 amide bonds. The Kier molecular flexibility index (Phi) is 4.91. The minimum atomic E-state index is -0.653. The number of hydrogen-bond acceptors (Lipinski definition) is 0. The summed E-state index contributed by atoms with van der Waals surface area (Å²) < 4.78 is 0. The Balaban J connectivity index is 4.04. The molecule has 11 heavy (non-hydrogen) atoms. The van der Waals surface area contributed by atoms with Crippen molar-refractivity contribution in [1.29, 1.82) is 0 Å². The van der Waals surface area contributed by atoms with Crippen molar-refractivity contribution in [1.82, 2.24) is 0 Å². The van der Waals surface area contributed by atoms with Gasteiger partial charge in [0.1, 0.15) is 0 Å². The molecule has 0 aromatic heterocycles. The summed E-state index contributed by atoms with van der Waals surface area (Å²) in [6.07, 6.45) is 0. The van der Waals surface area contributed by atoms with Crippen LogP contribution in [-0.2, 0) is 0 Å². The third kappa shape index (κ3) is 6.49. The molecule has 0 bridgehead atoms. The van der Waals surface area contributed by atoms with Crippen LogP contribution < -0.4 is 0 Å². The fraction of sp³-hybridized carbons (Fsp3) is 0.800. The first-order valence-electron chi connectivity index (χ1n) is 4.52. The fourth-order valence-corrected chi connectivity index (χ4v) is 2.43. The Bertz CT molecular complexity index is 150. The van der Waals surface area contributed by atoms with Crippen LogP contribution >= 0.6 is 0 Å². The third-order valence-corrected chi connectivity index (χ3v) is 4.16. The second-order valence-corrected chi connectivity index (χ2v) is 7.35.